The first-order chi connectivity index (χ1) is 12.4. The topological polar surface area (TPSA) is 79.4 Å². The maximum absolute atomic E-state index is 12.7. The number of piperidine rings is 1. The van der Waals surface area contributed by atoms with Crippen molar-refractivity contribution in [2.24, 2.45) is 0 Å². The van der Waals surface area contributed by atoms with Gasteiger partial charge in [-0.2, -0.15) is 0 Å². The Morgan fingerprint density at radius 3 is 2.77 bits per heavy atom. The molecule has 1 N–H and O–H groups in total. The molecule has 6 nitrogen and oxygen atoms in total. The Labute approximate surface area is 155 Å². The van der Waals surface area contributed by atoms with E-state index in [1.807, 2.05) is 23.6 Å². The van der Waals surface area contributed by atoms with Crippen molar-refractivity contribution in [1.82, 2.24) is 15.2 Å². The molecule has 1 aromatic carbocycles. The molecule has 3 amide bonds. The second-order valence-corrected chi connectivity index (χ2v) is 7.89. The molecular weight excluding hydrogens is 350 g/mol. The predicted molar refractivity (Wildman–Crippen MR) is 97.7 cm³/mol. The third kappa shape index (κ3) is 2.82. The van der Waals surface area contributed by atoms with Gasteiger partial charge in [0.2, 0.25) is 11.8 Å². The molecule has 0 radical (unpaired) electrons. The highest BCUT2D eigenvalue weighted by Crippen LogP contribution is 2.32. The molecule has 1 saturated heterocycles. The van der Waals surface area contributed by atoms with E-state index in [9.17, 15) is 14.4 Å². The molecule has 26 heavy (non-hydrogen) atoms. The van der Waals surface area contributed by atoms with Crippen LogP contribution >= 0.6 is 11.3 Å². The molecule has 1 atom stereocenters. The normalized spacial score (nSPS) is 19.9. The number of thiazole rings is 1. The average Bonchev–Trinajstić information content (AvgIpc) is 3.20. The molecule has 0 saturated carbocycles. The second kappa shape index (κ2) is 6.32. The van der Waals surface area contributed by atoms with Gasteiger partial charge in [0.1, 0.15) is 6.04 Å². The standard InChI is InChI=1S/C19H19N3O3S/c1-10(2)18-20-14(9-26-18)11-3-4-13-12(7-11)8-22(19(13)25)15-5-6-16(23)21-17(15)24/h3-4,7,9-10,15H,5-6,8H2,1-2H3,(H,21,23,24). The Kier molecular flexibility index (Phi) is 4.11. The number of aromatic nitrogens is 1. The quantitative estimate of drug-likeness (QED) is 0.844. The van der Waals surface area contributed by atoms with Crippen LogP contribution in [0.15, 0.2) is 23.6 Å². The van der Waals surface area contributed by atoms with Crippen LogP contribution in [0.1, 0.15) is 53.5 Å². The molecule has 2 aromatic rings. The zero-order chi connectivity index (χ0) is 18.4. The fourth-order valence-corrected chi connectivity index (χ4v) is 4.26. The van der Waals surface area contributed by atoms with E-state index in [0.29, 0.717) is 24.4 Å². The minimum atomic E-state index is -0.581. The third-order valence-electron chi connectivity index (χ3n) is 4.84. The summed E-state index contributed by atoms with van der Waals surface area (Å²) >= 11 is 1.64. The van der Waals surface area contributed by atoms with Gasteiger partial charge in [-0.05, 0) is 24.1 Å². The molecule has 0 spiro atoms. The molecule has 0 aliphatic carbocycles. The first-order valence-corrected chi connectivity index (χ1v) is 9.55. The Morgan fingerprint density at radius 2 is 2.08 bits per heavy atom. The number of fused-ring (bicyclic) bond motifs is 1. The van der Waals surface area contributed by atoms with E-state index in [2.05, 4.69) is 24.1 Å². The highest BCUT2D eigenvalue weighted by Gasteiger charge is 2.39. The number of rotatable bonds is 3. The van der Waals surface area contributed by atoms with Gasteiger partial charge in [-0.25, -0.2) is 4.98 Å². The Morgan fingerprint density at radius 1 is 1.27 bits per heavy atom. The maximum atomic E-state index is 12.7. The Bertz CT molecular complexity index is 919. The van der Waals surface area contributed by atoms with E-state index in [0.717, 1.165) is 21.8 Å². The molecule has 0 bridgehead atoms. The number of hydrogen-bond donors (Lipinski definition) is 1. The number of carbonyl (C=O) groups excluding carboxylic acids is 3. The van der Waals surface area contributed by atoms with Crippen molar-refractivity contribution < 1.29 is 14.4 Å². The molecule has 3 heterocycles. The van der Waals surface area contributed by atoms with Crippen molar-refractivity contribution in [3.63, 3.8) is 0 Å². The second-order valence-electron chi connectivity index (χ2n) is 7.00. The third-order valence-corrected chi connectivity index (χ3v) is 5.98. The summed E-state index contributed by atoms with van der Waals surface area (Å²) in [5.74, 6) is -0.430. The van der Waals surface area contributed by atoms with Gasteiger partial charge in [-0.3, -0.25) is 19.7 Å². The van der Waals surface area contributed by atoms with Crippen LogP contribution in [-0.2, 0) is 16.1 Å². The molecular formula is C19H19N3O3S. The molecule has 2 aliphatic rings. The van der Waals surface area contributed by atoms with Crippen LogP contribution in [0.4, 0.5) is 0 Å². The largest absolute Gasteiger partial charge is 0.322 e. The molecule has 1 fully saturated rings. The first-order valence-electron chi connectivity index (χ1n) is 8.67. The SMILES string of the molecule is CC(C)c1nc(-c2ccc3c(c2)CN(C2CCC(=O)NC2=O)C3=O)cs1. The van der Waals surface area contributed by atoms with Gasteiger partial charge in [0.25, 0.3) is 5.91 Å². The van der Waals surface area contributed by atoms with Crippen LogP contribution in [0.25, 0.3) is 11.3 Å². The number of amides is 3. The number of imide groups is 1. The van der Waals surface area contributed by atoms with Crippen LogP contribution in [0.3, 0.4) is 0 Å². The lowest BCUT2D eigenvalue weighted by Crippen LogP contribution is -2.52. The molecule has 1 unspecified atom stereocenters. The van der Waals surface area contributed by atoms with Gasteiger partial charge in [-0.1, -0.05) is 19.9 Å². The van der Waals surface area contributed by atoms with E-state index >= 15 is 0 Å². The Hall–Kier alpha value is -2.54. The van der Waals surface area contributed by atoms with Crippen LogP contribution < -0.4 is 5.32 Å². The van der Waals surface area contributed by atoms with Crippen molar-refractivity contribution in [1.29, 1.82) is 0 Å². The molecule has 1 aromatic heterocycles. The molecule has 4 rings (SSSR count). The van der Waals surface area contributed by atoms with Gasteiger partial charge >= 0.3 is 0 Å². The average molecular weight is 369 g/mol. The lowest BCUT2D eigenvalue weighted by molar-refractivity contribution is -0.136. The predicted octanol–water partition coefficient (Wildman–Crippen LogP) is 2.69. The van der Waals surface area contributed by atoms with Gasteiger partial charge in [-0.15, -0.1) is 11.3 Å². The van der Waals surface area contributed by atoms with Crippen molar-refractivity contribution in [2.75, 3.05) is 0 Å². The van der Waals surface area contributed by atoms with Crippen molar-refractivity contribution in [3.05, 3.63) is 39.7 Å². The summed E-state index contributed by atoms with van der Waals surface area (Å²) in [6.07, 6.45) is 0.639. The minimum absolute atomic E-state index is 0.151. The summed E-state index contributed by atoms with van der Waals surface area (Å²) in [5.41, 5.74) is 3.41. The number of benzene rings is 1. The van der Waals surface area contributed by atoms with Crippen molar-refractivity contribution in [2.45, 2.75) is 45.2 Å². The van der Waals surface area contributed by atoms with Gasteiger partial charge in [0, 0.05) is 35.4 Å². The number of nitrogens with one attached hydrogen (secondary N) is 1. The van der Waals surface area contributed by atoms with Gasteiger partial charge < -0.3 is 4.90 Å². The van der Waals surface area contributed by atoms with Crippen LogP contribution in [-0.4, -0.2) is 33.6 Å². The highest BCUT2D eigenvalue weighted by atomic mass is 32.1. The zero-order valence-electron chi connectivity index (χ0n) is 14.6. The van der Waals surface area contributed by atoms with Crippen LogP contribution in [0.5, 0.6) is 0 Å². The number of carbonyl (C=O) groups is 3. The van der Waals surface area contributed by atoms with E-state index in [4.69, 9.17) is 0 Å². The van der Waals surface area contributed by atoms with Crippen LogP contribution in [0.2, 0.25) is 0 Å². The summed E-state index contributed by atoms with van der Waals surface area (Å²) in [5, 5.41) is 5.44. The van der Waals surface area contributed by atoms with E-state index < -0.39 is 6.04 Å². The van der Waals surface area contributed by atoms with Crippen molar-refractivity contribution >= 4 is 29.1 Å². The van der Waals surface area contributed by atoms with E-state index in [-0.39, 0.29) is 24.1 Å². The van der Waals surface area contributed by atoms with Crippen LogP contribution in [0, 0.1) is 0 Å². The lowest BCUT2D eigenvalue weighted by Gasteiger charge is -2.29. The summed E-state index contributed by atoms with van der Waals surface area (Å²) < 4.78 is 0. The Balaban J connectivity index is 1.60. The summed E-state index contributed by atoms with van der Waals surface area (Å²) in [7, 11) is 0. The first kappa shape index (κ1) is 16.9. The smallest absolute Gasteiger partial charge is 0.255 e. The minimum Gasteiger partial charge on any atom is -0.322 e. The van der Waals surface area contributed by atoms with Crippen molar-refractivity contribution in [3.8, 4) is 11.3 Å². The summed E-state index contributed by atoms with van der Waals surface area (Å²) in [6.45, 7) is 4.61. The van der Waals surface area contributed by atoms with Gasteiger partial charge in [0.05, 0.1) is 10.7 Å². The number of nitrogens with zero attached hydrogens (tertiary/aromatic N) is 2. The molecule has 7 heteroatoms. The monoisotopic (exact) mass is 369 g/mol. The van der Waals surface area contributed by atoms with Gasteiger partial charge in [0.15, 0.2) is 0 Å². The zero-order valence-corrected chi connectivity index (χ0v) is 15.4. The summed E-state index contributed by atoms with van der Waals surface area (Å²) in [4.78, 5) is 42.4. The van der Waals surface area contributed by atoms with E-state index in [1.54, 1.807) is 16.2 Å². The fraction of sp³-hybridized carbons (Fsp3) is 0.368. The molecule has 134 valence electrons. The van der Waals surface area contributed by atoms with E-state index in [1.165, 1.54) is 0 Å². The summed E-state index contributed by atoms with van der Waals surface area (Å²) in [6, 6.07) is 5.12. The molecule has 2 aliphatic heterocycles. The highest BCUT2D eigenvalue weighted by molar-refractivity contribution is 7.10. The lowest BCUT2D eigenvalue weighted by atomic mass is 10.0. The fourth-order valence-electron chi connectivity index (χ4n) is 3.42. The number of hydrogen-bond acceptors (Lipinski definition) is 5. The maximum Gasteiger partial charge on any atom is 0.255 e.